The van der Waals surface area contributed by atoms with Crippen LogP contribution in [0.3, 0.4) is 0 Å². The Morgan fingerprint density at radius 2 is 2.21 bits per heavy atom. The van der Waals surface area contributed by atoms with Gasteiger partial charge in [0.25, 0.3) is 0 Å². The third kappa shape index (κ3) is 4.22. The molecule has 1 atom stereocenters. The van der Waals surface area contributed by atoms with E-state index in [4.69, 9.17) is 9.47 Å². The molecule has 5 heteroatoms. The molecule has 0 bridgehead atoms. The average Bonchev–Trinajstić information content (AvgIpc) is 2.46. The van der Waals surface area contributed by atoms with Crippen molar-refractivity contribution < 1.29 is 14.3 Å². The average molecular weight is 264 g/mol. The minimum atomic E-state index is -0.282. The zero-order valence-electron chi connectivity index (χ0n) is 11.2. The lowest BCUT2D eigenvalue weighted by Gasteiger charge is -2.32. The van der Waals surface area contributed by atoms with Crippen molar-refractivity contribution in [3.05, 3.63) is 35.9 Å². The van der Waals surface area contributed by atoms with Gasteiger partial charge in [0.1, 0.15) is 12.8 Å². The predicted octanol–water partition coefficient (Wildman–Crippen LogP) is 1.59. The van der Waals surface area contributed by atoms with Crippen molar-refractivity contribution >= 4 is 6.09 Å². The zero-order chi connectivity index (χ0) is 13.5. The van der Waals surface area contributed by atoms with Crippen molar-refractivity contribution in [2.45, 2.75) is 19.8 Å². The highest BCUT2D eigenvalue weighted by Crippen LogP contribution is 2.06. The first-order valence-electron chi connectivity index (χ1n) is 6.60. The number of hydrogen-bond acceptors (Lipinski definition) is 4. The molecular weight excluding hydrogens is 244 g/mol. The first-order valence-corrected chi connectivity index (χ1v) is 6.60. The van der Waals surface area contributed by atoms with Crippen LogP contribution in [-0.2, 0) is 16.1 Å². The van der Waals surface area contributed by atoms with Crippen LogP contribution in [0, 0.1) is 0 Å². The summed E-state index contributed by atoms with van der Waals surface area (Å²) >= 11 is 0. The Balaban J connectivity index is 1.79. The second kappa shape index (κ2) is 7.11. The van der Waals surface area contributed by atoms with Crippen LogP contribution in [0.25, 0.3) is 0 Å². The Kier molecular flexibility index (Phi) is 5.18. The van der Waals surface area contributed by atoms with E-state index in [1.807, 2.05) is 37.3 Å². The fraction of sp³-hybridized carbons (Fsp3) is 0.500. The molecule has 0 saturated carbocycles. The van der Waals surface area contributed by atoms with E-state index in [1.54, 1.807) is 4.90 Å². The highest BCUT2D eigenvalue weighted by Gasteiger charge is 2.24. The lowest BCUT2D eigenvalue weighted by molar-refractivity contribution is -0.0103. The SMILES string of the molecule is CCOC1CN(C(=O)OCc2ccccc2)CCN1. The van der Waals surface area contributed by atoms with Crippen molar-refractivity contribution in [3.63, 3.8) is 0 Å². The molecule has 0 aliphatic carbocycles. The van der Waals surface area contributed by atoms with Gasteiger partial charge in [-0.1, -0.05) is 30.3 Å². The summed E-state index contributed by atoms with van der Waals surface area (Å²) in [6, 6.07) is 9.68. The number of piperazine rings is 1. The van der Waals surface area contributed by atoms with Gasteiger partial charge >= 0.3 is 6.09 Å². The largest absolute Gasteiger partial charge is 0.445 e. The van der Waals surface area contributed by atoms with E-state index in [2.05, 4.69) is 5.32 Å². The Morgan fingerprint density at radius 1 is 1.42 bits per heavy atom. The molecule has 0 radical (unpaired) electrons. The van der Waals surface area contributed by atoms with Crippen molar-refractivity contribution in [2.24, 2.45) is 0 Å². The first-order chi connectivity index (χ1) is 9.29. The molecule has 0 spiro atoms. The van der Waals surface area contributed by atoms with Crippen LogP contribution in [0.2, 0.25) is 0 Å². The van der Waals surface area contributed by atoms with Crippen LogP contribution in [-0.4, -0.2) is 43.5 Å². The van der Waals surface area contributed by atoms with Crippen molar-refractivity contribution in [2.75, 3.05) is 26.2 Å². The molecule has 1 N–H and O–H groups in total. The summed E-state index contributed by atoms with van der Waals surface area (Å²) in [5, 5.41) is 3.21. The highest BCUT2D eigenvalue weighted by atomic mass is 16.6. The summed E-state index contributed by atoms with van der Waals surface area (Å²) in [7, 11) is 0. The molecule has 1 saturated heterocycles. The summed E-state index contributed by atoms with van der Waals surface area (Å²) in [6.07, 6.45) is -0.377. The van der Waals surface area contributed by atoms with Gasteiger partial charge < -0.3 is 14.4 Å². The topological polar surface area (TPSA) is 50.8 Å². The Morgan fingerprint density at radius 3 is 2.95 bits per heavy atom. The van der Waals surface area contributed by atoms with Gasteiger partial charge in [-0.2, -0.15) is 0 Å². The number of benzene rings is 1. The molecule has 1 aliphatic heterocycles. The van der Waals surface area contributed by atoms with Gasteiger partial charge in [-0.15, -0.1) is 0 Å². The van der Waals surface area contributed by atoms with E-state index in [1.165, 1.54) is 0 Å². The van der Waals surface area contributed by atoms with E-state index in [0.29, 0.717) is 26.3 Å². The summed E-state index contributed by atoms with van der Waals surface area (Å²) in [5.74, 6) is 0. The molecule has 5 nitrogen and oxygen atoms in total. The van der Waals surface area contributed by atoms with Crippen LogP contribution in [0.4, 0.5) is 4.79 Å². The van der Waals surface area contributed by atoms with Gasteiger partial charge in [-0.3, -0.25) is 5.32 Å². The van der Waals surface area contributed by atoms with Crippen molar-refractivity contribution in [3.8, 4) is 0 Å². The van der Waals surface area contributed by atoms with E-state index in [0.717, 1.165) is 12.1 Å². The molecule has 1 aromatic carbocycles. The summed E-state index contributed by atoms with van der Waals surface area (Å²) in [5.41, 5.74) is 0.993. The van der Waals surface area contributed by atoms with Crippen LogP contribution in [0.1, 0.15) is 12.5 Å². The van der Waals surface area contributed by atoms with Crippen LogP contribution >= 0.6 is 0 Å². The summed E-state index contributed by atoms with van der Waals surface area (Å²) in [4.78, 5) is 13.6. The lowest BCUT2D eigenvalue weighted by atomic mass is 10.2. The van der Waals surface area contributed by atoms with E-state index >= 15 is 0 Å². The van der Waals surface area contributed by atoms with Crippen molar-refractivity contribution in [1.82, 2.24) is 10.2 Å². The number of rotatable bonds is 4. The minimum Gasteiger partial charge on any atom is -0.445 e. The second-order valence-electron chi connectivity index (χ2n) is 4.38. The van der Waals surface area contributed by atoms with Crippen LogP contribution in [0.15, 0.2) is 30.3 Å². The standard InChI is InChI=1S/C14H20N2O3/c1-2-18-13-10-16(9-8-15-13)14(17)19-11-12-6-4-3-5-7-12/h3-7,13,15H,2,8-11H2,1H3. The Hall–Kier alpha value is -1.59. The molecule has 1 amide bonds. The summed E-state index contributed by atoms with van der Waals surface area (Å²) < 4.78 is 10.8. The molecule has 1 fully saturated rings. The lowest BCUT2D eigenvalue weighted by Crippen LogP contribution is -2.53. The first kappa shape index (κ1) is 13.8. The van der Waals surface area contributed by atoms with Crippen molar-refractivity contribution in [1.29, 1.82) is 0 Å². The minimum absolute atomic E-state index is 0.0944. The molecule has 0 aromatic heterocycles. The van der Waals surface area contributed by atoms with Gasteiger partial charge in [0.2, 0.25) is 0 Å². The molecule has 2 rings (SSSR count). The van der Waals surface area contributed by atoms with E-state index in [-0.39, 0.29) is 12.3 Å². The monoisotopic (exact) mass is 264 g/mol. The number of amides is 1. The molecule has 1 aromatic rings. The van der Waals surface area contributed by atoms with Gasteiger partial charge in [0.15, 0.2) is 0 Å². The van der Waals surface area contributed by atoms with Crippen LogP contribution < -0.4 is 5.32 Å². The highest BCUT2D eigenvalue weighted by molar-refractivity contribution is 5.67. The maximum atomic E-state index is 11.9. The number of nitrogens with one attached hydrogen (secondary N) is 1. The molecule has 1 aliphatic rings. The Labute approximate surface area is 113 Å². The molecule has 1 unspecified atom stereocenters. The molecule has 1 heterocycles. The quantitative estimate of drug-likeness (QED) is 0.897. The number of nitrogens with zero attached hydrogens (tertiary/aromatic N) is 1. The number of carbonyl (C=O) groups is 1. The molecule has 19 heavy (non-hydrogen) atoms. The Bertz CT molecular complexity index is 395. The normalized spacial score (nSPS) is 19.2. The van der Waals surface area contributed by atoms with E-state index in [9.17, 15) is 4.79 Å². The molecule has 104 valence electrons. The maximum Gasteiger partial charge on any atom is 0.410 e. The maximum absolute atomic E-state index is 11.9. The van der Waals surface area contributed by atoms with Gasteiger partial charge in [-0.25, -0.2) is 4.79 Å². The van der Waals surface area contributed by atoms with Gasteiger partial charge in [0.05, 0.1) is 6.54 Å². The third-order valence-electron chi connectivity index (χ3n) is 2.97. The van der Waals surface area contributed by atoms with Gasteiger partial charge in [0, 0.05) is 19.7 Å². The fourth-order valence-electron chi connectivity index (χ4n) is 2.01. The summed E-state index contributed by atoms with van der Waals surface area (Å²) in [6.45, 7) is 4.78. The van der Waals surface area contributed by atoms with Crippen LogP contribution in [0.5, 0.6) is 0 Å². The number of ether oxygens (including phenoxy) is 2. The third-order valence-corrected chi connectivity index (χ3v) is 2.97. The second-order valence-corrected chi connectivity index (χ2v) is 4.38. The number of carbonyl (C=O) groups excluding carboxylic acids is 1. The predicted molar refractivity (Wildman–Crippen MR) is 71.6 cm³/mol. The smallest absolute Gasteiger partial charge is 0.410 e. The molecular formula is C14H20N2O3. The number of hydrogen-bond donors (Lipinski definition) is 1. The van der Waals surface area contributed by atoms with Gasteiger partial charge in [-0.05, 0) is 12.5 Å². The zero-order valence-corrected chi connectivity index (χ0v) is 11.2. The van der Waals surface area contributed by atoms with E-state index < -0.39 is 0 Å². The fourth-order valence-corrected chi connectivity index (χ4v) is 2.01.